The van der Waals surface area contributed by atoms with Crippen LogP contribution in [0.1, 0.15) is 62.6 Å². The Balaban J connectivity index is 1.61. The summed E-state index contributed by atoms with van der Waals surface area (Å²) in [4.78, 5) is 0. The first-order valence-corrected chi connectivity index (χ1v) is 8.25. The Morgan fingerprint density at radius 1 is 1.33 bits per heavy atom. The Bertz CT molecular complexity index is 492. The molecule has 1 aliphatic carbocycles. The zero-order chi connectivity index (χ0) is 14.9. The predicted octanol–water partition coefficient (Wildman–Crippen LogP) is 3.89. The van der Waals surface area contributed by atoms with Crippen LogP contribution in [-0.4, -0.2) is 18.3 Å². The standard InChI is InChI=1S/C18H27NO2/c1-13-5-6-17(16(11-13)14(2)19)20-12-15-7-10-18(21-15)8-3-4-9-18/h5-6,11,14-15H,3-4,7-10,12,19H2,1-2H3/t14-,15?/m0/s1. The number of hydrogen-bond acceptors (Lipinski definition) is 3. The first-order valence-electron chi connectivity index (χ1n) is 8.25. The minimum absolute atomic E-state index is 0.00873. The third-order valence-corrected chi connectivity index (χ3v) is 4.93. The number of ether oxygens (including phenoxy) is 2. The van der Waals surface area contributed by atoms with Gasteiger partial charge in [0.05, 0.1) is 11.7 Å². The SMILES string of the molecule is Cc1ccc(OCC2CCC3(CCCC3)O2)c([C@H](C)N)c1. The van der Waals surface area contributed by atoms with Crippen LogP contribution >= 0.6 is 0 Å². The van der Waals surface area contributed by atoms with E-state index in [2.05, 4.69) is 19.1 Å². The molecule has 1 saturated heterocycles. The summed E-state index contributed by atoms with van der Waals surface area (Å²) >= 11 is 0. The van der Waals surface area contributed by atoms with Crippen molar-refractivity contribution in [1.82, 2.24) is 0 Å². The molecule has 116 valence electrons. The van der Waals surface area contributed by atoms with Gasteiger partial charge in [-0.15, -0.1) is 0 Å². The predicted molar refractivity (Wildman–Crippen MR) is 84.6 cm³/mol. The van der Waals surface area contributed by atoms with Gasteiger partial charge in [0.2, 0.25) is 0 Å². The van der Waals surface area contributed by atoms with Gasteiger partial charge in [0, 0.05) is 11.6 Å². The van der Waals surface area contributed by atoms with Crippen LogP contribution in [0.5, 0.6) is 5.75 Å². The zero-order valence-corrected chi connectivity index (χ0v) is 13.2. The van der Waals surface area contributed by atoms with Crippen LogP contribution in [0.15, 0.2) is 18.2 Å². The molecule has 3 heteroatoms. The lowest BCUT2D eigenvalue weighted by atomic mass is 9.98. The van der Waals surface area contributed by atoms with Crippen LogP contribution in [0, 0.1) is 6.92 Å². The average molecular weight is 289 g/mol. The highest BCUT2D eigenvalue weighted by Crippen LogP contribution is 2.43. The Morgan fingerprint density at radius 3 is 2.81 bits per heavy atom. The molecule has 2 N–H and O–H groups in total. The molecule has 0 aromatic heterocycles. The highest BCUT2D eigenvalue weighted by molar-refractivity contribution is 5.38. The lowest BCUT2D eigenvalue weighted by molar-refractivity contribution is -0.0509. The smallest absolute Gasteiger partial charge is 0.124 e. The molecular weight excluding hydrogens is 262 g/mol. The van der Waals surface area contributed by atoms with Gasteiger partial charge in [-0.3, -0.25) is 0 Å². The quantitative estimate of drug-likeness (QED) is 0.914. The molecule has 0 amide bonds. The van der Waals surface area contributed by atoms with Gasteiger partial charge in [0.1, 0.15) is 12.4 Å². The molecule has 2 aliphatic rings. The molecule has 21 heavy (non-hydrogen) atoms. The van der Waals surface area contributed by atoms with Gasteiger partial charge in [-0.25, -0.2) is 0 Å². The van der Waals surface area contributed by atoms with E-state index in [4.69, 9.17) is 15.2 Å². The molecule has 2 fully saturated rings. The van der Waals surface area contributed by atoms with Crippen LogP contribution in [0.4, 0.5) is 0 Å². The van der Waals surface area contributed by atoms with E-state index in [1.165, 1.54) is 37.7 Å². The molecule has 1 aliphatic heterocycles. The van der Waals surface area contributed by atoms with E-state index in [0.29, 0.717) is 6.61 Å². The summed E-state index contributed by atoms with van der Waals surface area (Å²) in [6.45, 7) is 4.73. The first-order chi connectivity index (χ1) is 10.1. The summed E-state index contributed by atoms with van der Waals surface area (Å²) in [7, 11) is 0. The molecule has 0 radical (unpaired) electrons. The maximum absolute atomic E-state index is 6.30. The van der Waals surface area contributed by atoms with Gasteiger partial charge >= 0.3 is 0 Å². The van der Waals surface area contributed by atoms with E-state index >= 15 is 0 Å². The third-order valence-electron chi connectivity index (χ3n) is 4.93. The maximum Gasteiger partial charge on any atom is 0.124 e. The number of aryl methyl sites for hydroxylation is 1. The number of hydrogen-bond donors (Lipinski definition) is 1. The highest BCUT2D eigenvalue weighted by atomic mass is 16.6. The summed E-state index contributed by atoms with van der Waals surface area (Å²) in [5.74, 6) is 0.909. The Hall–Kier alpha value is -1.06. The van der Waals surface area contributed by atoms with Crippen molar-refractivity contribution in [3.63, 3.8) is 0 Å². The lowest BCUT2D eigenvalue weighted by Gasteiger charge is -2.24. The van der Waals surface area contributed by atoms with E-state index < -0.39 is 0 Å². The second-order valence-corrected chi connectivity index (χ2v) is 6.81. The molecule has 1 saturated carbocycles. The Morgan fingerprint density at radius 2 is 2.10 bits per heavy atom. The van der Waals surface area contributed by atoms with Crippen molar-refractivity contribution in [2.75, 3.05) is 6.61 Å². The first kappa shape index (κ1) is 14.9. The Kier molecular flexibility index (Phi) is 4.23. The zero-order valence-electron chi connectivity index (χ0n) is 13.2. The fraction of sp³-hybridized carbons (Fsp3) is 0.667. The summed E-state index contributed by atoms with van der Waals surface area (Å²) in [6.07, 6.45) is 7.68. The van der Waals surface area contributed by atoms with Crippen LogP contribution in [0.2, 0.25) is 0 Å². The number of nitrogens with two attached hydrogens (primary N) is 1. The van der Waals surface area contributed by atoms with Crippen molar-refractivity contribution in [3.05, 3.63) is 29.3 Å². The second-order valence-electron chi connectivity index (χ2n) is 6.81. The molecule has 0 bridgehead atoms. The van der Waals surface area contributed by atoms with Crippen LogP contribution in [0.3, 0.4) is 0 Å². The van der Waals surface area contributed by atoms with Gasteiger partial charge in [-0.1, -0.05) is 30.5 Å². The monoisotopic (exact) mass is 289 g/mol. The molecule has 1 aromatic carbocycles. The van der Waals surface area contributed by atoms with Crippen molar-refractivity contribution >= 4 is 0 Å². The van der Waals surface area contributed by atoms with Gasteiger partial charge in [0.15, 0.2) is 0 Å². The highest BCUT2D eigenvalue weighted by Gasteiger charge is 2.42. The lowest BCUT2D eigenvalue weighted by Crippen LogP contribution is -2.27. The van der Waals surface area contributed by atoms with Crippen molar-refractivity contribution in [3.8, 4) is 5.75 Å². The van der Waals surface area contributed by atoms with Crippen molar-refractivity contribution in [2.24, 2.45) is 5.73 Å². The molecule has 1 aromatic rings. The second kappa shape index (κ2) is 5.98. The summed E-state index contributed by atoms with van der Waals surface area (Å²) < 4.78 is 12.3. The van der Waals surface area contributed by atoms with Gasteiger partial charge < -0.3 is 15.2 Å². The Labute approximate surface area is 127 Å². The third kappa shape index (κ3) is 3.24. The van der Waals surface area contributed by atoms with Crippen LogP contribution in [-0.2, 0) is 4.74 Å². The maximum atomic E-state index is 6.30. The van der Waals surface area contributed by atoms with Crippen LogP contribution < -0.4 is 10.5 Å². The molecule has 2 atom stereocenters. The van der Waals surface area contributed by atoms with Gasteiger partial charge in [-0.05, 0) is 45.6 Å². The summed E-state index contributed by atoms with van der Waals surface area (Å²) in [6, 6.07) is 6.22. The minimum Gasteiger partial charge on any atom is -0.491 e. The molecule has 1 unspecified atom stereocenters. The van der Waals surface area contributed by atoms with E-state index in [9.17, 15) is 0 Å². The van der Waals surface area contributed by atoms with E-state index in [-0.39, 0.29) is 17.7 Å². The molecule has 1 spiro atoms. The molecule has 3 nitrogen and oxygen atoms in total. The van der Waals surface area contributed by atoms with Gasteiger partial charge in [-0.2, -0.15) is 0 Å². The largest absolute Gasteiger partial charge is 0.491 e. The van der Waals surface area contributed by atoms with E-state index in [1.54, 1.807) is 0 Å². The normalized spacial score (nSPS) is 25.4. The fourth-order valence-electron chi connectivity index (χ4n) is 3.74. The number of benzene rings is 1. The summed E-state index contributed by atoms with van der Waals surface area (Å²) in [5, 5.41) is 0. The minimum atomic E-state index is -0.00873. The van der Waals surface area contributed by atoms with E-state index in [1.807, 2.05) is 13.0 Å². The van der Waals surface area contributed by atoms with Crippen molar-refractivity contribution < 1.29 is 9.47 Å². The fourth-order valence-corrected chi connectivity index (χ4v) is 3.74. The van der Waals surface area contributed by atoms with Crippen molar-refractivity contribution in [1.29, 1.82) is 0 Å². The van der Waals surface area contributed by atoms with Crippen LogP contribution in [0.25, 0.3) is 0 Å². The molecule has 1 heterocycles. The average Bonchev–Trinajstić information content (AvgIpc) is 3.08. The van der Waals surface area contributed by atoms with E-state index in [0.717, 1.165) is 17.7 Å². The number of rotatable bonds is 4. The topological polar surface area (TPSA) is 44.5 Å². The van der Waals surface area contributed by atoms with Gasteiger partial charge in [0.25, 0.3) is 0 Å². The molecule has 3 rings (SSSR count). The summed E-state index contributed by atoms with van der Waals surface area (Å²) in [5.41, 5.74) is 8.54. The molecular formula is C18H27NO2. The van der Waals surface area contributed by atoms with Crippen molar-refractivity contribution in [2.45, 2.75) is 70.1 Å².